The van der Waals surface area contributed by atoms with Crippen molar-refractivity contribution < 1.29 is 23.8 Å². The highest BCUT2D eigenvalue weighted by Gasteiger charge is 2.17. The number of para-hydroxylation sites is 1. The number of hydrogen-bond donors (Lipinski definition) is 1. The molecule has 0 unspecified atom stereocenters. The van der Waals surface area contributed by atoms with Gasteiger partial charge in [0.15, 0.2) is 18.1 Å². The molecule has 24 heavy (non-hydrogen) atoms. The molecular weight excluding hydrogens is 312 g/mol. The second-order valence-electron chi connectivity index (χ2n) is 4.80. The standard InChI is InChI=1S/C17H14N2O5/c1-22-13-9-5-8-12(15(13)20)17(21)23-10-14-18-19-16(24-14)11-6-3-2-4-7-11/h2-9,20H,10H2,1H3. The third-order valence-corrected chi connectivity index (χ3v) is 3.25. The van der Waals surface area contributed by atoms with Crippen molar-refractivity contribution in [3.8, 4) is 23.0 Å². The molecule has 0 spiro atoms. The molecule has 3 aromatic rings. The second-order valence-corrected chi connectivity index (χ2v) is 4.80. The molecule has 122 valence electrons. The van der Waals surface area contributed by atoms with Crippen molar-refractivity contribution in [1.29, 1.82) is 0 Å². The number of phenols is 1. The summed E-state index contributed by atoms with van der Waals surface area (Å²) < 4.78 is 15.5. The molecule has 1 aromatic heterocycles. The number of phenolic OH excluding ortho intramolecular Hbond substituents is 1. The number of benzene rings is 2. The fraction of sp³-hybridized carbons (Fsp3) is 0.118. The minimum absolute atomic E-state index is 0.00264. The van der Waals surface area contributed by atoms with Gasteiger partial charge in [0.05, 0.1) is 7.11 Å². The molecule has 1 N–H and O–H groups in total. The lowest BCUT2D eigenvalue weighted by Crippen LogP contribution is -2.06. The smallest absolute Gasteiger partial charge is 0.342 e. The van der Waals surface area contributed by atoms with E-state index in [-0.39, 0.29) is 29.6 Å². The zero-order valence-corrected chi connectivity index (χ0v) is 12.8. The van der Waals surface area contributed by atoms with E-state index in [9.17, 15) is 9.90 Å². The van der Waals surface area contributed by atoms with Crippen LogP contribution < -0.4 is 4.74 Å². The Morgan fingerprint density at radius 1 is 1.12 bits per heavy atom. The molecule has 0 fully saturated rings. The lowest BCUT2D eigenvalue weighted by molar-refractivity contribution is 0.0434. The molecule has 0 aliphatic heterocycles. The van der Waals surface area contributed by atoms with Gasteiger partial charge in [-0.2, -0.15) is 0 Å². The van der Waals surface area contributed by atoms with Crippen LogP contribution in [0.5, 0.6) is 11.5 Å². The number of hydrogen-bond acceptors (Lipinski definition) is 7. The van der Waals surface area contributed by atoms with Crippen LogP contribution in [0.2, 0.25) is 0 Å². The molecule has 0 aliphatic rings. The van der Waals surface area contributed by atoms with Crippen LogP contribution in [0.3, 0.4) is 0 Å². The SMILES string of the molecule is COc1cccc(C(=O)OCc2nnc(-c3ccccc3)o2)c1O. The number of carbonyl (C=O) groups is 1. The first-order valence-corrected chi connectivity index (χ1v) is 7.10. The number of ether oxygens (including phenoxy) is 2. The Kier molecular flexibility index (Phi) is 4.42. The zero-order valence-electron chi connectivity index (χ0n) is 12.8. The van der Waals surface area contributed by atoms with E-state index in [2.05, 4.69) is 10.2 Å². The summed E-state index contributed by atoms with van der Waals surface area (Å²) in [6, 6.07) is 13.8. The van der Waals surface area contributed by atoms with Crippen molar-refractivity contribution in [3.05, 3.63) is 60.0 Å². The third kappa shape index (κ3) is 3.19. The first kappa shape index (κ1) is 15.5. The Morgan fingerprint density at radius 3 is 2.67 bits per heavy atom. The van der Waals surface area contributed by atoms with Crippen molar-refractivity contribution in [2.75, 3.05) is 7.11 Å². The fourth-order valence-corrected chi connectivity index (χ4v) is 2.07. The Bertz CT molecular complexity index is 845. The molecule has 0 bridgehead atoms. The summed E-state index contributed by atoms with van der Waals surface area (Å²) in [7, 11) is 1.40. The summed E-state index contributed by atoms with van der Waals surface area (Å²) in [5, 5.41) is 17.7. The molecular formula is C17H14N2O5. The highest BCUT2D eigenvalue weighted by molar-refractivity contribution is 5.93. The largest absolute Gasteiger partial charge is 0.504 e. The Labute approximate surface area is 137 Å². The minimum atomic E-state index is -0.717. The van der Waals surface area contributed by atoms with Crippen LogP contribution in [0.25, 0.3) is 11.5 Å². The summed E-state index contributed by atoms with van der Waals surface area (Å²) in [6.07, 6.45) is 0. The lowest BCUT2D eigenvalue weighted by Gasteiger charge is -2.07. The predicted octanol–water partition coefficient (Wildman–Crippen LogP) is 2.81. The van der Waals surface area contributed by atoms with E-state index < -0.39 is 5.97 Å². The van der Waals surface area contributed by atoms with Crippen LogP contribution in [0.4, 0.5) is 0 Å². The van der Waals surface area contributed by atoms with Crippen molar-refractivity contribution in [3.63, 3.8) is 0 Å². The third-order valence-electron chi connectivity index (χ3n) is 3.25. The summed E-state index contributed by atoms with van der Waals surface area (Å²) >= 11 is 0. The van der Waals surface area contributed by atoms with Gasteiger partial charge in [0.1, 0.15) is 5.56 Å². The molecule has 1 heterocycles. The molecule has 0 saturated carbocycles. The van der Waals surface area contributed by atoms with Gasteiger partial charge in [-0.1, -0.05) is 24.3 Å². The lowest BCUT2D eigenvalue weighted by atomic mass is 10.2. The maximum Gasteiger partial charge on any atom is 0.342 e. The van der Waals surface area contributed by atoms with Gasteiger partial charge in [-0.25, -0.2) is 4.79 Å². The predicted molar refractivity (Wildman–Crippen MR) is 83.5 cm³/mol. The number of esters is 1. The summed E-state index contributed by atoms with van der Waals surface area (Å²) in [6.45, 7) is -0.199. The van der Waals surface area contributed by atoms with E-state index in [0.29, 0.717) is 5.89 Å². The van der Waals surface area contributed by atoms with Gasteiger partial charge in [0.2, 0.25) is 5.89 Å². The fourth-order valence-electron chi connectivity index (χ4n) is 2.07. The molecule has 0 atom stereocenters. The van der Waals surface area contributed by atoms with Crippen LogP contribution in [0.1, 0.15) is 16.2 Å². The Hall–Kier alpha value is -3.35. The molecule has 0 radical (unpaired) electrons. The van der Waals surface area contributed by atoms with Crippen molar-refractivity contribution in [2.24, 2.45) is 0 Å². The molecule has 3 rings (SSSR count). The van der Waals surface area contributed by atoms with Crippen LogP contribution in [0.15, 0.2) is 52.9 Å². The van der Waals surface area contributed by atoms with Gasteiger partial charge >= 0.3 is 5.97 Å². The van der Waals surface area contributed by atoms with Gasteiger partial charge in [0.25, 0.3) is 5.89 Å². The molecule has 0 aliphatic carbocycles. The summed E-state index contributed by atoms with van der Waals surface area (Å²) in [5.74, 6) is -0.310. The van der Waals surface area contributed by atoms with E-state index in [1.165, 1.54) is 19.2 Å². The van der Waals surface area contributed by atoms with E-state index in [4.69, 9.17) is 13.9 Å². The topological polar surface area (TPSA) is 94.7 Å². The van der Waals surface area contributed by atoms with E-state index in [1.807, 2.05) is 30.3 Å². The first-order chi connectivity index (χ1) is 11.7. The van der Waals surface area contributed by atoms with E-state index in [1.54, 1.807) is 6.07 Å². The van der Waals surface area contributed by atoms with Gasteiger partial charge in [-0.15, -0.1) is 10.2 Å². The number of carbonyl (C=O) groups excluding carboxylic acids is 1. The molecule has 2 aromatic carbocycles. The number of aromatic nitrogens is 2. The van der Waals surface area contributed by atoms with Gasteiger partial charge in [-0.3, -0.25) is 0 Å². The molecule has 7 nitrogen and oxygen atoms in total. The summed E-state index contributed by atoms with van der Waals surface area (Å²) in [4.78, 5) is 12.1. The van der Waals surface area contributed by atoms with Gasteiger partial charge in [0, 0.05) is 5.56 Å². The van der Waals surface area contributed by atoms with Crippen LogP contribution in [-0.4, -0.2) is 28.4 Å². The number of nitrogens with zero attached hydrogens (tertiary/aromatic N) is 2. The average Bonchev–Trinajstić information content (AvgIpc) is 3.10. The van der Waals surface area contributed by atoms with Gasteiger partial charge < -0.3 is 19.0 Å². The number of methoxy groups -OCH3 is 1. The number of aromatic hydroxyl groups is 1. The average molecular weight is 326 g/mol. The summed E-state index contributed by atoms with van der Waals surface area (Å²) in [5.41, 5.74) is 0.769. The van der Waals surface area contributed by atoms with Crippen LogP contribution in [-0.2, 0) is 11.3 Å². The molecule has 7 heteroatoms. The normalized spacial score (nSPS) is 10.4. The second kappa shape index (κ2) is 6.82. The maximum absolute atomic E-state index is 12.1. The Balaban J connectivity index is 1.68. The van der Waals surface area contributed by atoms with Gasteiger partial charge in [-0.05, 0) is 24.3 Å². The zero-order chi connectivity index (χ0) is 16.9. The Morgan fingerprint density at radius 2 is 1.92 bits per heavy atom. The first-order valence-electron chi connectivity index (χ1n) is 7.10. The number of rotatable bonds is 5. The van der Waals surface area contributed by atoms with Crippen molar-refractivity contribution in [1.82, 2.24) is 10.2 Å². The maximum atomic E-state index is 12.1. The minimum Gasteiger partial charge on any atom is -0.504 e. The van der Waals surface area contributed by atoms with Crippen molar-refractivity contribution >= 4 is 5.97 Å². The van der Waals surface area contributed by atoms with E-state index in [0.717, 1.165) is 5.56 Å². The molecule has 0 saturated heterocycles. The highest BCUT2D eigenvalue weighted by atomic mass is 16.5. The van der Waals surface area contributed by atoms with Crippen molar-refractivity contribution in [2.45, 2.75) is 6.61 Å². The van der Waals surface area contributed by atoms with Crippen LogP contribution in [0, 0.1) is 0 Å². The van der Waals surface area contributed by atoms with E-state index >= 15 is 0 Å². The highest BCUT2D eigenvalue weighted by Crippen LogP contribution is 2.30. The monoisotopic (exact) mass is 326 g/mol. The van der Waals surface area contributed by atoms with Crippen LogP contribution >= 0.6 is 0 Å². The molecule has 0 amide bonds. The quantitative estimate of drug-likeness (QED) is 0.720.